The van der Waals surface area contributed by atoms with Crippen molar-refractivity contribution in [2.45, 2.75) is 38.5 Å². The van der Waals surface area contributed by atoms with Gasteiger partial charge in [0.2, 0.25) is 0 Å². The Bertz CT molecular complexity index is 7440. The summed E-state index contributed by atoms with van der Waals surface area (Å²) >= 11 is 0. The molecule has 18 aromatic carbocycles. The molecule has 0 N–H and O–H groups in total. The molecule has 544 valence electrons. The minimum Gasteiger partial charge on any atom is -0.456 e. The minimum absolute atomic E-state index is 0.152. The number of rotatable bonds is 8. The van der Waals surface area contributed by atoms with E-state index >= 15 is 0 Å². The molecule has 2 aliphatic carbocycles. The van der Waals surface area contributed by atoms with Crippen LogP contribution in [0.3, 0.4) is 0 Å². The molecule has 8 nitrogen and oxygen atoms in total. The highest BCUT2D eigenvalue weighted by atomic mass is 16.3. The van der Waals surface area contributed by atoms with Gasteiger partial charge in [-0.1, -0.05) is 307 Å². The molecule has 0 saturated carbocycles. The van der Waals surface area contributed by atoms with E-state index in [1.165, 1.54) is 76.8 Å². The molecule has 0 aliphatic heterocycles. The highest BCUT2D eigenvalue weighted by molar-refractivity contribution is 6.30. The van der Waals surface area contributed by atoms with Crippen molar-refractivity contribution in [2.24, 2.45) is 0 Å². The molecule has 0 amide bonds. The first-order valence-electron chi connectivity index (χ1n) is 39.7. The van der Waals surface area contributed by atoms with Gasteiger partial charge in [0.05, 0.1) is 0 Å². The number of furan rings is 2. The fourth-order valence-corrected chi connectivity index (χ4v) is 18.8. The van der Waals surface area contributed by atoms with Crippen LogP contribution in [0.25, 0.3) is 221 Å². The third-order valence-corrected chi connectivity index (χ3v) is 24.6. The zero-order chi connectivity index (χ0) is 77.1. The van der Waals surface area contributed by atoms with Gasteiger partial charge in [0.25, 0.3) is 0 Å². The summed E-state index contributed by atoms with van der Waals surface area (Å²) in [5.41, 5.74) is 23.8. The van der Waals surface area contributed by atoms with Gasteiger partial charge in [0.1, 0.15) is 22.3 Å². The fourth-order valence-electron chi connectivity index (χ4n) is 18.8. The van der Waals surface area contributed by atoms with Crippen molar-refractivity contribution in [3.05, 3.63) is 374 Å². The Labute approximate surface area is 668 Å². The Morgan fingerprint density at radius 2 is 0.440 bits per heavy atom. The van der Waals surface area contributed by atoms with Crippen LogP contribution in [0.4, 0.5) is 0 Å². The molecule has 4 heterocycles. The summed E-state index contributed by atoms with van der Waals surface area (Å²) in [5.74, 6) is 3.83. The van der Waals surface area contributed by atoms with E-state index in [0.717, 1.165) is 132 Å². The average Bonchev–Trinajstić information content (AvgIpc) is 1.55. The topological polar surface area (TPSA) is 104 Å². The highest BCUT2D eigenvalue weighted by Crippen LogP contribution is 2.52. The Morgan fingerprint density at radius 1 is 0.164 bits per heavy atom. The Morgan fingerprint density at radius 3 is 0.836 bits per heavy atom. The number of para-hydroxylation sites is 2. The molecule has 22 aromatic rings. The first kappa shape index (κ1) is 66.9. The van der Waals surface area contributed by atoms with Crippen LogP contribution in [0.5, 0.6) is 0 Å². The van der Waals surface area contributed by atoms with Crippen molar-refractivity contribution < 1.29 is 8.83 Å². The van der Waals surface area contributed by atoms with Crippen LogP contribution < -0.4 is 0 Å². The van der Waals surface area contributed by atoms with Gasteiger partial charge in [-0.15, -0.1) is 0 Å². The van der Waals surface area contributed by atoms with E-state index in [4.69, 9.17) is 38.7 Å². The van der Waals surface area contributed by atoms with Gasteiger partial charge >= 0.3 is 0 Å². The molecule has 24 rings (SSSR count). The second-order valence-electron chi connectivity index (χ2n) is 32.0. The predicted octanol–water partition coefficient (Wildman–Crippen LogP) is 28.4. The fraction of sp³-hybridized carbons (Fsp3) is 0.0556. The lowest BCUT2D eigenvalue weighted by molar-refractivity contribution is 0.660. The van der Waals surface area contributed by atoms with Crippen molar-refractivity contribution in [3.8, 4) is 113 Å². The Kier molecular flexibility index (Phi) is 14.9. The lowest BCUT2D eigenvalue weighted by atomic mass is 9.82. The van der Waals surface area contributed by atoms with Crippen LogP contribution in [-0.4, -0.2) is 29.9 Å². The summed E-state index contributed by atoms with van der Waals surface area (Å²) in [6.07, 6.45) is 0. The number of aromatic nitrogens is 6. The van der Waals surface area contributed by atoms with Gasteiger partial charge in [-0.05, 0) is 204 Å². The molecule has 116 heavy (non-hydrogen) atoms. The van der Waals surface area contributed by atoms with E-state index < -0.39 is 0 Å². The molecular weight excluding hydrogens is 1410 g/mol. The van der Waals surface area contributed by atoms with Crippen LogP contribution in [0.15, 0.2) is 361 Å². The van der Waals surface area contributed by atoms with Crippen molar-refractivity contribution in [2.75, 3.05) is 0 Å². The molecule has 0 radical (unpaired) electrons. The summed E-state index contributed by atoms with van der Waals surface area (Å²) in [7, 11) is 0. The van der Waals surface area contributed by atoms with Gasteiger partial charge in [0, 0.05) is 65.8 Å². The largest absolute Gasteiger partial charge is 0.456 e. The van der Waals surface area contributed by atoms with Crippen LogP contribution in [0.1, 0.15) is 49.9 Å². The third kappa shape index (κ3) is 10.7. The van der Waals surface area contributed by atoms with E-state index in [1.807, 2.05) is 36.4 Å². The monoisotopic (exact) mass is 1480 g/mol. The summed E-state index contributed by atoms with van der Waals surface area (Å²) in [5, 5.41) is 18.6. The van der Waals surface area contributed by atoms with E-state index in [2.05, 4.69) is 343 Å². The smallest absolute Gasteiger partial charge is 0.164 e. The van der Waals surface area contributed by atoms with Crippen molar-refractivity contribution in [1.29, 1.82) is 0 Å². The highest BCUT2D eigenvalue weighted by Gasteiger charge is 2.37. The summed E-state index contributed by atoms with van der Waals surface area (Å²) in [4.78, 5) is 31.5. The van der Waals surface area contributed by atoms with Gasteiger partial charge in [0.15, 0.2) is 34.9 Å². The van der Waals surface area contributed by atoms with E-state index in [-0.39, 0.29) is 10.8 Å². The van der Waals surface area contributed by atoms with Gasteiger partial charge in [-0.3, -0.25) is 0 Å². The third-order valence-electron chi connectivity index (χ3n) is 24.6. The summed E-state index contributed by atoms with van der Waals surface area (Å²) in [6.45, 7) is 9.23. The maximum absolute atomic E-state index is 6.39. The Balaban J connectivity index is 0.000000137. The van der Waals surface area contributed by atoms with Crippen LogP contribution >= 0.6 is 0 Å². The number of benzene rings is 18. The number of nitrogens with zero attached hydrogens (tertiary/aromatic N) is 6. The zero-order valence-electron chi connectivity index (χ0n) is 64.0. The minimum atomic E-state index is -0.152. The molecule has 0 fully saturated rings. The van der Waals surface area contributed by atoms with Crippen LogP contribution in [-0.2, 0) is 10.8 Å². The maximum Gasteiger partial charge on any atom is 0.164 e. The SMILES string of the molecule is CC1(C)c2ccccc2-c2ccc(-c3nc(-c4cccc(-c5ccccc5)c4)nc(-c4ccc5c(c4)c4ccccc4c4cc6c(cc54)oc4ccccc46)n3)cc21.CC1(C)c2ccccc2-c2ccc(-c3nc(-c4cccc(-c5ccccc5)c4)nc(-c4ccc5c(c4)c4ccccc4c4cc6c(cc54)oc4ccccc46)n3)cc21. The summed E-state index contributed by atoms with van der Waals surface area (Å²) in [6, 6.07) is 125. The first-order chi connectivity index (χ1) is 56.9. The van der Waals surface area contributed by atoms with Crippen molar-refractivity contribution >= 4 is 109 Å². The number of hydrogen-bond donors (Lipinski definition) is 0. The van der Waals surface area contributed by atoms with Crippen LogP contribution in [0.2, 0.25) is 0 Å². The second-order valence-corrected chi connectivity index (χ2v) is 32.0. The predicted molar refractivity (Wildman–Crippen MR) is 478 cm³/mol. The van der Waals surface area contributed by atoms with Gasteiger partial charge in [-0.2, -0.15) is 0 Å². The second kappa shape index (κ2) is 25.8. The first-order valence-corrected chi connectivity index (χ1v) is 39.7. The van der Waals surface area contributed by atoms with Crippen molar-refractivity contribution in [3.63, 3.8) is 0 Å². The average molecular weight is 1480 g/mol. The quantitative estimate of drug-likeness (QED) is 0.139. The molecule has 0 bridgehead atoms. The molecule has 8 heteroatoms. The lowest BCUT2D eigenvalue weighted by Crippen LogP contribution is -2.15. The zero-order valence-corrected chi connectivity index (χ0v) is 64.0. The Hall–Kier alpha value is -14.9. The van der Waals surface area contributed by atoms with E-state index in [0.29, 0.717) is 34.9 Å². The number of hydrogen-bond acceptors (Lipinski definition) is 8. The lowest BCUT2D eigenvalue weighted by Gasteiger charge is -2.21. The molecule has 0 saturated heterocycles. The molecule has 4 aromatic heterocycles. The molecule has 2 aliphatic rings. The number of fused-ring (bicyclic) bond motifs is 24. The van der Waals surface area contributed by atoms with Gasteiger partial charge < -0.3 is 8.83 Å². The molecule has 0 atom stereocenters. The molecular formula is C108H70N6O2. The van der Waals surface area contributed by atoms with Crippen LogP contribution in [0, 0.1) is 0 Å². The van der Waals surface area contributed by atoms with E-state index in [9.17, 15) is 0 Å². The van der Waals surface area contributed by atoms with Crippen molar-refractivity contribution in [1.82, 2.24) is 29.9 Å². The van der Waals surface area contributed by atoms with E-state index in [1.54, 1.807) is 0 Å². The molecule has 0 unspecified atom stereocenters. The normalized spacial score (nSPS) is 13.1. The summed E-state index contributed by atoms with van der Waals surface area (Å²) < 4.78 is 12.8. The van der Waals surface area contributed by atoms with Gasteiger partial charge in [-0.25, -0.2) is 29.9 Å². The standard InChI is InChI=1S/2C54H35N3O/c2*1-54(2)47-21-10-8-19-40(47)41-26-24-36(29-48(41)54)53-56-51(34-16-12-15-33(27-34)32-13-4-3-5-14-32)55-52(57-53)35-23-25-39-43(28-35)37-17-6-7-18-38(37)44-30-46-42-20-9-11-22-49(42)58-50(46)31-45(39)44/h2*3-31H,1-2H3. The molecule has 0 spiro atoms. The maximum atomic E-state index is 6.39.